The number of rotatable bonds is 5. The van der Waals surface area contributed by atoms with E-state index in [1.165, 1.54) is 11.4 Å². The van der Waals surface area contributed by atoms with Crippen molar-refractivity contribution in [3.8, 4) is 0 Å². The third-order valence-electron chi connectivity index (χ3n) is 4.24. The van der Waals surface area contributed by atoms with E-state index in [1.54, 1.807) is 13.8 Å². The van der Waals surface area contributed by atoms with Gasteiger partial charge in [0.05, 0.1) is 13.0 Å². The second-order valence-electron chi connectivity index (χ2n) is 5.78. The van der Waals surface area contributed by atoms with Gasteiger partial charge in [0.15, 0.2) is 0 Å². The van der Waals surface area contributed by atoms with Gasteiger partial charge < -0.3 is 14.3 Å². The zero-order valence-corrected chi connectivity index (χ0v) is 14.6. The van der Waals surface area contributed by atoms with Crippen molar-refractivity contribution in [2.24, 2.45) is 5.92 Å². The van der Waals surface area contributed by atoms with Gasteiger partial charge in [0.1, 0.15) is 10.7 Å². The lowest BCUT2D eigenvalue weighted by Gasteiger charge is -2.35. The van der Waals surface area contributed by atoms with Gasteiger partial charge in [-0.15, -0.1) is 0 Å². The van der Waals surface area contributed by atoms with E-state index < -0.39 is 27.9 Å². The third-order valence-corrected chi connectivity index (χ3v) is 6.27. The number of furan rings is 1. The fourth-order valence-corrected chi connectivity index (χ4v) is 4.75. The molecule has 0 saturated carbocycles. The SMILES string of the molecule is CCc1oc(C(=O)OC)cc1S(=O)(=O)N1CC(C(=O)O)CCC1C. The number of sulfonamides is 1. The van der Waals surface area contributed by atoms with Crippen molar-refractivity contribution in [3.05, 3.63) is 17.6 Å². The van der Waals surface area contributed by atoms with Crippen LogP contribution in [0.1, 0.15) is 43.0 Å². The molecule has 0 amide bonds. The van der Waals surface area contributed by atoms with E-state index in [2.05, 4.69) is 4.74 Å². The van der Waals surface area contributed by atoms with Gasteiger partial charge in [0.25, 0.3) is 0 Å². The van der Waals surface area contributed by atoms with Crippen LogP contribution in [-0.4, -0.2) is 49.5 Å². The molecular formula is C15H21NO7S. The van der Waals surface area contributed by atoms with Crippen molar-refractivity contribution in [2.45, 2.75) is 44.0 Å². The minimum Gasteiger partial charge on any atom is -0.481 e. The minimum absolute atomic E-state index is 0.0965. The van der Waals surface area contributed by atoms with Crippen LogP contribution in [0.4, 0.5) is 0 Å². The smallest absolute Gasteiger partial charge is 0.373 e. The highest BCUT2D eigenvalue weighted by molar-refractivity contribution is 7.89. The summed E-state index contributed by atoms with van der Waals surface area (Å²) in [6.45, 7) is 3.35. The van der Waals surface area contributed by atoms with Gasteiger partial charge in [-0.25, -0.2) is 13.2 Å². The zero-order valence-electron chi connectivity index (χ0n) is 13.8. The average molecular weight is 359 g/mol. The lowest BCUT2D eigenvalue weighted by atomic mass is 9.96. The van der Waals surface area contributed by atoms with E-state index in [1.807, 2.05) is 0 Å². The number of esters is 1. The molecule has 1 aromatic heterocycles. The van der Waals surface area contributed by atoms with Gasteiger partial charge in [0, 0.05) is 25.1 Å². The Kier molecular flexibility index (Phi) is 5.34. The van der Waals surface area contributed by atoms with Crippen molar-refractivity contribution >= 4 is 22.0 Å². The number of ether oxygens (including phenoxy) is 1. The van der Waals surface area contributed by atoms with Crippen molar-refractivity contribution in [1.29, 1.82) is 0 Å². The van der Waals surface area contributed by atoms with Gasteiger partial charge in [-0.1, -0.05) is 6.92 Å². The molecule has 2 rings (SSSR count). The number of methoxy groups -OCH3 is 1. The Balaban J connectivity index is 2.43. The highest BCUT2D eigenvalue weighted by Crippen LogP contribution is 2.31. The van der Waals surface area contributed by atoms with Crippen molar-refractivity contribution in [2.75, 3.05) is 13.7 Å². The van der Waals surface area contributed by atoms with Gasteiger partial charge in [-0.2, -0.15) is 4.31 Å². The van der Waals surface area contributed by atoms with Crippen molar-refractivity contribution in [3.63, 3.8) is 0 Å². The van der Waals surface area contributed by atoms with Crippen LogP contribution in [0.15, 0.2) is 15.4 Å². The molecule has 2 atom stereocenters. The standard InChI is InChI=1S/C15H21NO7S/c1-4-11-13(7-12(23-11)15(19)22-3)24(20,21)16-8-10(14(17)18)6-5-9(16)2/h7,9-10H,4-6,8H2,1-3H3,(H,17,18). The fraction of sp³-hybridized carbons (Fsp3) is 0.600. The Labute approximate surface area is 140 Å². The molecule has 1 aliphatic rings. The molecule has 0 radical (unpaired) electrons. The number of aliphatic carboxylic acids is 1. The summed E-state index contributed by atoms with van der Waals surface area (Å²) in [4.78, 5) is 22.7. The molecule has 8 nitrogen and oxygen atoms in total. The predicted octanol–water partition coefficient (Wildman–Crippen LogP) is 1.50. The summed E-state index contributed by atoms with van der Waals surface area (Å²) in [5, 5.41) is 9.19. The van der Waals surface area contributed by atoms with Gasteiger partial charge in [-0.05, 0) is 19.8 Å². The highest BCUT2D eigenvalue weighted by Gasteiger charge is 2.39. The van der Waals surface area contributed by atoms with Crippen LogP contribution < -0.4 is 0 Å². The van der Waals surface area contributed by atoms with Crippen LogP contribution in [0.5, 0.6) is 0 Å². The quantitative estimate of drug-likeness (QED) is 0.792. The third kappa shape index (κ3) is 3.32. The number of hydrogen-bond donors (Lipinski definition) is 1. The predicted molar refractivity (Wildman–Crippen MR) is 83.1 cm³/mol. The summed E-state index contributed by atoms with van der Waals surface area (Å²) >= 11 is 0. The lowest BCUT2D eigenvalue weighted by molar-refractivity contribution is -0.143. The Morgan fingerprint density at radius 1 is 1.42 bits per heavy atom. The number of carboxylic acids is 1. The van der Waals surface area contributed by atoms with E-state index >= 15 is 0 Å². The van der Waals surface area contributed by atoms with E-state index in [4.69, 9.17) is 4.42 Å². The van der Waals surface area contributed by atoms with E-state index in [0.29, 0.717) is 12.8 Å². The minimum atomic E-state index is -3.97. The van der Waals surface area contributed by atoms with Crippen LogP contribution in [0, 0.1) is 5.92 Å². The molecule has 1 fully saturated rings. The largest absolute Gasteiger partial charge is 0.481 e. The normalized spacial score (nSPS) is 22.3. The lowest BCUT2D eigenvalue weighted by Crippen LogP contribution is -2.47. The monoisotopic (exact) mass is 359 g/mol. The number of piperidine rings is 1. The maximum absolute atomic E-state index is 13.0. The molecule has 0 spiro atoms. The molecule has 2 heterocycles. The second-order valence-corrected chi connectivity index (χ2v) is 7.64. The number of hydrogen-bond acceptors (Lipinski definition) is 6. The maximum atomic E-state index is 13.0. The Hall–Kier alpha value is -1.87. The van der Waals surface area contributed by atoms with Gasteiger partial charge in [0.2, 0.25) is 15.8 Å². The molecule has 9 heteroatoms. The summed E-state index contributed by atoms with van der Waals surface area (Å²) < 4.78 is 37.0. The first kappa shape index (κ1) is 18.5. The van der Waals surface area contributed by atoms with Crippen molar-refractivity contribution in [1.82, 2.24) is 4.31 Å². The van der Waals surface area contributed by atoms with E-state index in [0.717, 1.165) is 6.07 Å². The molecular weight excluding hydrogens is 338 g/mol. The first-order valence-electron chi connectivity index (χ1n) is 7.68. The van der Waals surface area contributed by atoms with Crippen LogP contribution in [0.2, 0.25) is 0 Å². The molecule has 1 saturated heterocycles. The summed E-state index contributed by atoms with van der Waals surface area (Å²) in [6.07, 6.45) is 1.16. The van der Waals surface area contributed by atoms with Crippen LogP contribution in [-0.2, 0) is 26.0 Å². The average Bonchev–Trinajstić information content (AvgIpc) is 2.99. The topological polar surface area (TPSA) is 114 Å². The van der Waals surface area contributed by atoms with Crippen LogP contribution >= 0.6 is 0 Å². The Morgan fingerprint density at radius 3 is 2.62 bits per heavy atom. The summed E-state index contributed by atoms with van der Waals surface area (Å²) in [7, 11) is -2.80. The number of nitrogens with zero attached hydrogens (tertiary/aromatic N) is 1. The van der Waals surface area contributed by atoms with E-state index in [9.17, 15) is 23.1 Å². The molecule has 1 aromatic rings. The zero-order chi connectivity index (χ0) is 18.1. The van der Waals surface area contributed by atoms with Crippen molar-refractivity contribution < 1.29 is 32.3 Å². The second kappa shape index (κ2) is 6.94. The molecule has 134 valence electrons. The number of carboxylic acid groups (broad SMARTS) is 1. The Morgan fingerprint density at radius 2 is 2.08 bits per heavy atom. The first-order chi connectivity index (χ1) is 11.2. The van der Waals surface area contributed by atoms with E-state index in [-0.39, 0.29) is 35.4 Å². The summed E-state index contributed by atoms with van der Waals surface area (Å²) in [5.41, 5.74) is 0. The fourth-order valence-electron chi connectivity index (χ4n) is 2.82. The molecule has 0 bridgehead atoms. The van der Waals surface area contributed by atoms with Gasteiger partial charge in [-0.3, -0.25) is 4.79 Å². The van der Waals surface area contributed by atoms with Crippen LogP contribution in [0.25, 0.3) is 0 Å². The number of aryl methyl sites for hydroxylation is 1. The number of carbonyl (C=O) groups is 2. The molecule has 1 N–H and O–H groups in total. The Bertz CT molecular complexity index is 737. The summed E-state index contributed by atoms with van der Waals surface area (Å²) in [5.74, 6) is -2.55. The summed E-state index contributed by atoms with van der Waals surface area (Å²) in [6, 6.07) is 0.823. The number of carbonyl (C=O) groups excluding carboxylic acids is 1. The molecule has 0 aromatic carbocycles. The molecule has 24 heavy (non-hydrogen) atoms. The molecule has 1 aliphatic heterocycles. The van der Waals surface area contributed by atoms with Gasteiger partial charge >= 0.3 is 11.9 Å². The molecule has 0 aliphatic carbocycles. The maximum Gasteiger partial charge on any atom is 0.373 e. The molecule has 2 unspecified atom stereocenters. The first-order valence-corrected chi connectivity index (χ1v) is 9.12. The van der Waals surface area contributed by atoms with Crippen LogP contribution in [0.3, 0.4) is 0 Å². The highest BCUT2D eigenvalue weighted by atomic mass is 32.2.